The van der Waals surface area contributed by atoms with Crippen LogP contribution in [0.15, 0.2) is 60.7 Å². The molecule has 0 bridgehead atoms. The molecule has 0 saturated heterocycles. The first-order chi connectivity index (χ1) is 14.0. The van der Waals surface area contributed by atoms with Crippen molar-refractivity contribution < 1.29 is 19.4 Å². The van der Waals surface area contributed by atoms with Gasteiger partial charge in [-0.25, -0.2) is 0 Å². The van der Waals surface area contributed by atoms with Gasteiger partial charge in [-0.3, -0.25) is 4.79 Å². The lowest BCUT2D eigenvalue weighted by atomic mass is 10.1. The Labute approximate surface area is 178 Å². The highest BCUT2D eigenvalue weighted by Gasteiger charge is 2.15. The smallest absolute Gasteiger partial charge is 0.259 e. The van der Waals surface area contributed by atoms with Crippen molar-refractivity contribution in [3.05, 3.63) is 81.8 Å². The molecular formula is C22H19Cl2NO4. The molecule has 0 unspecified atom stereocenters. The van der Waals surface area contributed by atoms with Crippen LogP contribution in [0.5, 0.6) is 17.2 Å². The number of phenols is 1. The Balaban J connectivity index is 1.72. The maximum absolute atomic E-state index is 12.6. The molecule has 0 saturated carbocycles. The summed E-state index contributed by atoms with van der Waals surface area (Å²) in [5.74, 6) is 0.551. The summed E-state index contributed by atoms with van der Waals surface area (Å²) in [6.07, 6.45) is 0.655. The third-order valence-corrected chi connectivity index (χ3v) is 4.65. The second kappa shape index (κ2) is 9.54. The molecule has 0 aliphatic heterocycles. The van der Waals surface area contributed by atoms with Crippen LogP contribution in [0.4, 0.5) is 5.69 Å². The van der Waals surface area contributed by atoms with Gasteiger partial charge in [-0.1, -0.05) is 35.3 Å². The van der Waals surface area contributed by atoms with Gasteiger partial charge in [0.15, 0.2) is 0 Å². The summed E-state index contributed by atoms with van der Waals surface area (Å²) >= 11 is 12.0. The minimum atomic E-state index is -0.523. The van der Waals surface area contributed by atoms with Crippen LogP contribution in [0.3, 0.4) is 0 Å². The molecule has 0 spiro atoms. The Morgan fingerprint density at radius 3 is 2.59 bits per heavy atom. The van der Waals surface area contributed by atoms with Crippen molar-refractivity contribution in [1.29, 1.82) is 0 Å². The first-order valence-corrected chi connectivity index (χ1v) is 9.57. The molecule has 1 amide bonds. The molecule has 29 heavy (non-hydrogen) atoms. The number of carbonyl (C=O) groups is 1. The molecule has 0 aromatic heterocycles. The average molecular weight is 432 g/mol. The molecule has 0 atom stereocenters. The van der Waals surface area contributed by atoms with E-state index < -0.39 is 5.91 Å². The van der Waals surface area contributed by atoms with Gasteiger partial charge < -0.3 is 19.9 Å². The second-order valence-electron chi connectivity index (χ2n) is 6.21. The van der Waals surface area contributed by atoms with E-state index in [9.17, 15) is 9.90 Å². The number of carbonyl (C=O) groups excluding carboxylic acids is 1. The number of anilines is 1. The molecule has 0 fully saturated rings. The van der Waals surface area contributed by atoms with Gasteiger partial charge in [-0.15, -0.1) is 0 Å². The molecular weight excluding hydrogens is 413 g/mol. The minimum absolute atomic E-state index is 0.0554. The highest BCUT2D eigenvalue weighted by atomic mass is 35.5. The van der Waals surface area contributed by atoms with E-state index in [2.05, 4.69) is 5.32 Å². The summed E-state index contributed by atoms with van der Waals surface area (Å²) in [7, 11) is 1.62. The van der Waals surface area contributed by atoms with Crippen LogP contribution in [-0.2, 0) is 6.42 Å². The van der Waals surface area contributed by atoms with Gasteiger partial charge in [-0.2, -0.15) is 0 Å². The summed E-state index contributed by atoms with van der Waals surface area (Å²) in [6.45, 7) is 0.389. The number of aromatic hydroxyl groups is 1. The van der Waals surface area contributed by atoms with Crippen LogP contribution < -0.4 is 14.8 Å². The zero-order valence-corrected chi connectivity index (χ0v) is 17.1. The molecule has 2 N–H and O–H groups in total. The van der Waals surface area contributed by atoms with E-state index in [-0.39, 0.29) is 11.3 Å². The SMILES string of the molecule is COc1cccc(CCOc2ccc(Cl)cc2NC(=O)c2cc(Cl)ccc2O)c1. The van der Waals surface area contributed by atoms with Crippen LogP contribution in [0.1, 0.15) is 15.9 Å². The molecule has 5 nitrogen and oxygen atoms in total. The fourth-order valence-corrected chi connectivity index (χ4v) is 3.06. The monoisotopic (exact) mass is 431 g/mol. The number of benzene rings is 3. The maximum atomic E-state index is 12.6. The topological polar surface area (TPSA) is 67.8 Å². The van der Waals surface area contributed by atoms with Crippen molar-refractivity contribution in [2.75, 3.05) is 19.0 Å². The van der Waals surface area contributed by atoms with Crippen molar-refractivity contribution in [2.45, 2.75) is 6.42 Å². The highest BCUT2D eigenvalue weighted by Crippen LogP contribution is 2.30. The lowest BCUT2D eigenvalue weighted by molar-refractivity contribution is 0.102. The largest absolute Gasteiger partial charge is 0.507 e. The van der Waals surface area contributed by atoms with E-state index in [1.807, 2.05) is 24.3 Å². The number of ether oxygens (including phenoxy) is 2. The van der Waals surface area contributed by atoms with Crippen molar-refractivity contribution in [2.24, 2.45) is 0 Å². The van der Waals surface area contributed by atoms with Crippen molar-refractivity contribution >= 4 is 34.8 Å². The van der Waals surface area contributed by atoms with Crippen molar-refractivity contribution in [3.8, 4) is 17.2 Å². The second-order valence-corrected chi connectivity index (χ2v) is 7.08. The van der Waals surface area contributed by atoms with E-state index in [1.165, 1.54) is 18.2 Å². The Hall–Kier alpha value is -2.89. The number of hydrogen-bond acceptors (Lipinski definition) is 4. The third-order valence-electron chi connectivity index (χ3n) is 4.18. The predicted octanol–water partition coefficient (Wildman–Crippen LogP) is 5.58. The van der Waals surface area contributed by atoms with Gasteiger partial charge in [0.25, 0.3) is 5.91 Å². The van der Waals surface area contributed by atoms with Gasteiger partial charge in [0.05, 0.1) is 25.0 Å². The van der Waals surface area contributed by atoms with Crippen molar-refractivity contribution in [1.82, 2.24) is 0 Å². The molecule has 3 aromatic carbocycles. The minimum Gasteiger partial charge on any atom is -0.507 e. The van der Waals surface area contributed by atoms with E-state index in [0.717, 1.165) is 11.3 Å². The lowest BCUT2D eigenvalue weighted by Crippen LogP contribution is -2.13. The first-order valence-electron chi connectivity index (χ1n) is 8.81. The number of phenolic OH excluding ortho intramolecular Hbond substituents is 1. The number of methoxy groups -OCH3 is 1. The standard InChI is InChI=1S/C22H19Cl2NO4/c1-28-17-4-2-3-14(11-17)9-10-29-21-8-6-16(24)13-19(21)25-22(27)18-12-15(23)5-7-20(18)26/h2-8,11-13,26H,9-10H2,1H3,(H,25,27). The number of amides is 1. The van der Waals surface area contributed by atoms with Gasteiger partial charge in [-0.05, 0) is 54.1 Å². The lowest BCUT2D eigenvalue weighted by Gasteiger charge is -2.14. The van der Waals surface area contributed by atoms with Crippen LogP contribution >= 0.6 is 23.2 Å². The summed E-state index contributed by atoms with van der Waals surface area (Å²) in [6, 6.07) is 16.9. The van der Waals surface area contributed by atoms with E-state index in [0.29, 0.717) is 34.5 Å². The van der Waals surface area contributed by atoms with Gasteiger partial charge in [0.1, 0.15) is 17.2 Å². The van der Waals surface area contributed by atoms with E-state index in [4.69, 9.17) is 32.7 Å². The number of rotatable bonds is 7. The van der Waals surface area contributed by atoms with Crippen LogP contribution in [-0.4, -0.2) is 24.7 Å². The Morgan fingerprint density at radius 2 is 1.79 bits per heavy atom. The van der Waals surface area contributed by atoms with Gasteiger partial charge in [0, 0.05) is 16.5 Å². The van der Waals surface area contributed by atoms with Gasteiger partial charge >= 0.3 is 0 Å². The maximum Gasteiger partial charge on any atom is 0.259 e. The van der Waals surface area contributed by atoms with Crippen LogP contribution in [0, 0.1) is 0 Å². The molecule has 150 valence electrons. The fourth-order valence-electron chi connectivity index (χ4n) is 2.71. The molecule has 7 heteroatoms. The number of halogens is 2. The zero-order valence-electron chi connectivity index (χ0n) is 15.6. The molecule has 3 aromatic rings. The zero-order chi connectivity index (χ0) is 20.8. The summed E-state index contributed by atoms with van der Waals surface area (Å²) < 4.78 is 11.1. The highest BCUT2D eigenvalue weighted by molar-refractivity contribution is 6.31. The molecule has 0 aliphatic carbocycles. The third kappa shape index (κ3) is 5.56. The predicted molar refractivity (Wildman–Crippen MR) is 115 cm³/mol. The van der Waals surface area contributed by atoms with E-state index in [1.54, 1.807) is 25.3 Å². The molecule has 0 aliphatic rings. The summed E-state index contributed by atoms with van der Waals surface area (Å²) in [4.78, 5) is 12.6. The Kier molecular flexibility index (Phi) is 6.86. The Bertz CT molecular complexity index is 1020. The van der Waals surface area contributed by atoms with E-state index >= 15 is 0 Å². The molecule has 3 rings (SSSR count). The fraction of sp³-hybridized carbons (Fsp3) is 0.136. The number of hydrogen-bond donors (Lipinski definition) is 2. The quantitative estimate of drug-likeness (QED) is 0.512. The first kappa shape index (κ1) is 20.8. The molecule has 0 heterocycles. The summed E-state index contributed by atoms with van der Waals surface area (Å²) in [5, 5.41) is 13.4. The Morgan fingerprint density at radius 1 is 1.03 bits per heavy atom. The van der Waals surface area contributed by atoms with Gasteiger partial charge in [0.2, 0.25) is 0 Å². The molecule has 0 radical (unpaired) electrons. The summed E-state index contributed by atoms with van der Waals surface area (Å²) in [5.41, 5.74) is 1.51. The number of nitrogens with one attached hydrogen (secondary N) is 1. The van der Waals surface area contributed by atoms with Crippen LogP contribution in [0.2, 0.25) is 10.0 Å². The van der Waals surface area contributed by atoms with Crippen molar-refractivity contribution in [3.63, 3.8) is 0 Å². The average Bonchev–Trinajstić information content (AvgIpc) is 2.71. The normalized spacial score (nSPS) is 10.4. The van der Waals surface area contributed by atoms with Crippen LogP contribution in [0.25, 0.3) is 0 Å².